The average molecular weight is 204 g/mol. The number of carbonyl (C=O) groups is 1. The van der Waals surface area contributed by atoms with E-state index in [1.165, 1.54) is 0 Å². The molecule has 1 unspecified atom stereocenters. The number of piperidine rings is 1. The fraction of sp³-hybridized carbons (Fsp3) is 0.500. The summed E-state index contributed by atoms with van der Waals surface area (Å²) in [5, 5.41) is 2.90. The van der Waals surface area contributed by atoms with E-state index in [0.717, 1.165) is 37.2 Å². The summed E-state index contributed by atoms with van der Waals surface area (Å²) < 4.78 is 0. The summed E-state index contributed by atoms with van der Waals surface area (Å²) in [6.45, 7) is 2.81. The molecular weight excluding hydrogens is 188 g/mol. The molecule has 1 fully saturated rings. The van der Waals surface area contributed by atoms with Gasteiger partial charge in [-0.05, 0) is 31.9 Å². The molecule has 0 bridgehead atoms. The maximum Gasteiger partial charge on any atom is 0.223 e. The predicted molar refractivity (Wildman–Crippen MR) is 58.4 cm³/mol. The smallest absolute Gasteiger partial charge is 0.223 e. The molecular formula is C12H16N2O. The van der Waals surface area contributed by atoms with Crippen molar-refractivity contribution >= 4 is 5.91 Å². The first-order valence-corrected chi connectivity index (χ1v) is 5.46. The van der Waals surface area contributed by atoms with Crippen LogP contribution < -0.4 is 5.32 Å². The van der Waals surface area contributed by atoms with Gasteiger partial charge in [0.05, 0.1) is 0 Å². The molecule has 0 saturated carbocycles. The van der Waals surface area contributed by atoms with Crippen LogP contribution in [-0.4, -0.2) is 17.4 Å². The second kappa shape index (κ2) is 4.43. The summed E-state index contributed by atoms with van der Waals surface area (Å²) in [5.41, 5.74) is 2.04. The second-order valence-electron chi connectivity index (χ2n) is 4.10. The van der Waals surface area contributed by atoms with Crippen LogP contribution in [0.2, 0.25) is 0 Å². The summed E-state index contributed by atoms with van der Waals surface area (Å²) in [5.74, 6) is 0.303. The van der Waals surface area contributed by atoms with Gasteiger partial charge in [-0.2, -0.15) is 0 Å². The van der Waals surface area contributed by atoms with Gasteiger partial charge in [-0.25, -0.2) is 0 Å². The van der Waals surface area contributed by atoms with E-state index in [2.05, 4.69) is 10.3 Å². The highest BCUT2D eigenvalue weighted by Crippen LogP contribution is 2.16. The minimum absolute atomic E-state index is 0.119. The number of aryl methyl sites for hydroxylation is 1. The zero-order valence-corrected chi connectivity index (χ0v) is 8.99. The molecule has 1 aliphatic heterocycles. The van der Waals surface area contributed by atoms with Crippen molar-refractivity contribution in [1.82, 2.24) is 10.3 Å². The molecule has 15 heavy (non-hydrogen) atoms. The topological polar surface area (TPSA) is 42.0 Å². The Hall–Kier alpha value is -1.38. The fourth-order valence-corrected chi connectivity index (χ4v) is 2.00. The maximum absolute atomic E-state index is 11.5. The number of nitrogens with zero attached hydrogens (tertiary/aromatic N) is 1. The van der Waals surface area contributed by atoms with E-state index in [9.17, 15) is 4.79 Å². The lowest BCUT2D eigenvalue weighted by Gasteiger charge is -2.21. The first-order valence-electron chi connectivity index (χ1n) is 5.46. The van der Waals surface area contributed by atoms with Gasteiger partial charge < -0.3 is 5.32 Å². The largest absolute Gasteiger partial charge is 0.356 e. The third-order valence-electron chi connectivity index (χ3n) is 2.80. The number of aromatic nitrogens is 1. The molecule has 0 radical (unpaired) electrons. The van der Waals surface area contributed by atoms with Gasteiger partial charge in [0.2, 0.25) is 5.91 Å². The lowest BCUT2D eigenvalue weighted by atomic mass is 9.93. The van der Waals surface area contributed by atoms with Crippen LogP contribution in [0.4, 0.5) is 0 Å². The SMILES string of the molecule is Cc1cccc(CC2CCCNC2=O)n1. The fourth-order valence-electron chi connectivity index (χ4n) is 2.00. The predicted octanol–water partition coefficient (Wildman–Crippen LogP) is 1.46. The van der Waals surface area contributed by atoms with Crippen LogP contribution in [0.5, 0.6) is 0 Å². The number of hydrogen-bond donors (Lipinski definition) is 1. The van der Waals surface area contributed by atoms with Crippen LogP contribution in [0.15, 0.2) is 18.2 Å². The highest BCUT2D eigenvalue weighted by Gasteiger charge is 2.22. The molecule has 2 rings (SSSR count). The first-order chi connectivity index (χ1) is 7.25. The van der Waals surface area contributed by atoms with E-state index < -0.39 is 0 Å². The van der Waals surface area contributed by atoms with Gasteiger partial charge in [-0.3, -0.25) is 9.78 Å². The maximum atomic E-state index is 11.5. The molecule has 1 aliphatic rings. The van der Waals surface area contributed by atoms with E-state index in [-0.39, 0.29) is 11.8 Å². The zero-order valence-electron chi connectivity index (χ0n) is 8.99. The first kappa shape index (κ1) is 10.1. The van der Waals surface area contributed by atoms with E-state index in [4.69, 9.17) is 0 Å². The monoisotopic (exact) mass is 204 g/mol. The number of nitrogens with one attached hydrogen (secondary N) is 1. The van der Waals surface area contributed by atoms with E-state index >= 15 is 0 Å². The Morgan fingerprint density at radius 3 is 3.13 bits per heavy atom. The molecule has 3 heteroatoms. The van der Waals surface area contributed by atoms with Crippen LogP contribution in [0.1, 0.15) is 24.2 Å². The van der Waals surface area contributed by atoms with Gasteiger partial charge in [0, 0.05) is 30.3 Å². The van der Waals surface area contributed by atoms with Crippen LogP contribution in [-0.2, 0) is 11.2 Å². The van der Waals surface area contributed by atoms with Crippen molar-refractivity contribution in [3.8, 4) is 0 Å². The number of carbonyl (C=O) groups excluding carboxylic acids is 1. The molecule has 0 spiro atoms. The molecule has 1 saturated heterocycles. The van der Waals surface area contributed by atoms with Crippen molar-refractivity contribution in [2.45, 2.75) is 26.2 Å². The molecule has 1 amide bonds. The molecule has 0 aliphatic carbocycles. The summed E-state index contributed by atoms with van der Waals surface area (Å²) in [7, 11) is 0. The molecule has 3 nitrogen and oxygen atoms in total. The second-order valence-corrected chi connectivity index (χ2v) is 4.10. The summed E-state index contributed by atoms with van der Waals surface area (Å²) >= 11 is 0. The Labute approximate surface area is 89.9 Å². The van der Waals surface area contributed by atoms with Crippen molar-refractivity contribution in [3.63, 3.8) is 0 Å². The Kier molecular flexibility index (Phi) is 2.99. The van der Waals surface area contributed by atoms with Gasteiger partial charge >= 0.3 is 0 Å². The lowest BCUT2D eigenvalue weighted by molar-refractivity contribution is -0.126. The summed E-state index contributed by atoms with van der Waals surface area (Å²) in [4.78, 5) is 16.0. The Bertz CT molecular complexity index is 362. The van der Waals surface area contributed by atoms with Gasteiger partial charge in [0.25, 0.3) is 0 Å². The van der Waals surface area contributed by atoms with Gasteiger partial charge in [0.1, 0.15) is 0 Å². The normalized spacial score (nSPS) is 21.1. The van der Waals surface area contributed by atoms with Crippen LogP contribution in [0, 0.1) is 12.8 Å². The van der Waals surface area contributed by atoms with Gasteiger partial charge in [-0.1, -0.05) is 6.07 Å². The minimum Gasteiger partial charge on any atom is -0.356 e. The van der Waals surface area contributed by atoms with Crippen LogP contribution in [0.25, 0.3) is 0 Å². The minimum atomic E-state index is 0.119. The van der Waals surface area contributed by atoms with Crippen LogP contribution in [0.3, 0.4) is 0 Å². The van der Waals surface area contributed by atoms with Crippen molar-refractivity contribution in [2.24, 2.45) is 5.92 Å². The molecule has 80 valence electrons. The summed E-state index contributed by atoms with van der Waals surface area (Å²) in [6, 6.07) is 5.97. The van der Waals surface area contributed by atoms with Crippen molar-refractivity contribution < 1.29 is 4.79 Å². The number of rotatable bonds is 2. The highest BCUT2D eigenvalue weighted by molar-refractivity contribution is 5.79. The van der Waals surface area contributed by atoms with Crippen molar-refractivity contribution in [1.29, 1.82) is 0 Å². The number of amides is 1. The Balaban J connectivity index is 2.04. The van der Waals surface area contributed by atoms with Gasteiger partial charge in [-0.15, -0.1) is 0 Å². The third kappa shape index (κ3) is 2.55. The standard InChI is InChI=1S/C12H16N2O/c1-9-4-2-6-11(14-9)8-10-5-3-7-13-12(10)15/h2,4,6,10H,3,5,7-8H2,1H3,(H,13,15). The lowest BCUT2D eigenvalue weighted by Crippen LogP contribution is -2.37. The molecule has 0 aromatic carbocycles. The van der Waals surface area contributed by atoms with Crippen molar-refractivity contribution in [2.75, 3.05) is 6.54 Å². The third-order valence-corrected chi connectivity index (χ3v) is 2.80. The quantitative estimate of drug-likeness (QED) is 0.792. The zero-order chi connectivity index (χ0) is 10.7. The molecule has 1 aromatic heterocycles. The van der Waals surface area contributed by atoms with Crippen molar-refractivity contribution in [3.05, 3.63) is 29.6 Å². The molecule has 1 atom stereocenters. The molecule has 2 heterocycles. The Morgan fingerprint density at radius 2 is 2.40 bits per heavy atom. The average Bonchev–Trinajstić information content (AvgIpc) is 2.22. The molecule has 1 N–H and O–H groups in total. The van der Waals surface area contributed by atoms with Crippen LogP contribution >= 0.6 is 0 Å². The van der Waals surface area contributed by atoms with E-state index in [1.54, 1.807) is 0 Å². The van der Waals surface area contributed by atoms with E-state index in [1.807, 2.05) is 25.1 Å². The van der Waals surface area contributed by atoms with Gasteiger partial charge in [0.15, 0.2) is 0 Å². The van der Waals surface area contributed by atoms with E-state index in [0.29, 0.717) is 0 Å². The molecule has 1 aromatic rings. The number of hydrogen-bond acceptors (Lipinski definition) is 2. The number of pyridine rings is 1. The summed E-state index contributed by atoms with van der Waals surface area (Å²) in [6.07, 6.45) is 2.84. The Morgan fingerprint density at radius 1 is 1.53 bits per heavy atom. The highest BCUT2D eigenvalue weighted by atomic mass is 16.1.